The summed E-state index contributed by atoms with van der Waals surface area (Å²) in [5, 5.41) is 2.56. The molecule has 4 nitrogen and oxygen atoms in total. The average Bonchev–Trinajstić information content (AvgIpc) is 1.88. The number of nitrogens with one attached hydrogen (secondary N) is 1. The van der Waals surface area contributed by atoms with Crippen molar-refractivity contribution in [2.24, 2.45) is 11.5 Å². The van der Waals surface area contributed by atoms with E-state index in [1.807, 2.05) is 6.92 Å². The fraction of sp³-hybridized carbons (Fsp3) is 0.500. The lowest BCUT2D eigenvalue weighted by Crippen LogP contribution is -2.23. The van der Waals surface area contributed by atoms with E-state index in [4.69, 9.17) is 11.5 Å². The van der Waals surface area contributed by atoms with Crippen molar-refractivity contribution >= 4 is 5.91 Å². The summed E-state index contributed by atoms with van der Waals surface area (Å²) in [6.07, 6.45) is 1.30. The van der Waals surface area contributed by atoms with Gasteiger partial charge in [-0.3, -0.25) is 4.79 Å². The van der Waals surface area contributed by atoms with Gasteiger partial charge >= 0.3 is 0 Å². The molecule has 0 saturated carbocycles. The van der Waals surface area contributed by atoms with E-state index in [-0.39, 0.29) is 12.5 Å². The molecule has 0 spiro atoms. The number of nitrogens with two attached hydrogens (primary N) is 2. The minimum Gasteiger partial charge on any atom is -0.401 e. The smallest absolute Gasteiger partial charge is 0.245 e. The molecule has 0 aliphatic carbocycles. The predicted molar refractivity (Wildman–Crippen MR) is 40.0 cm³/mol. The van der Waals surface area contributed by atoms with Crippen LogP contribution in [-0.2, 0) is 4.79 Å². The largest absolute Gasteiger partial charge is 0.401 e. The maximum Gasteiger partial charge on any atom is 0.245 e. The summed E-state index contributed by atoms with van der Waals surface area (Å²) in [4.78, 5) is 10.7. The molecular formula is C6H13N3O. The molecule has 5 N–H and O–H groups in total. The van der Waals surface area contributed by atoms with E-state index >= 15 is 0 Å². The highest BCUT2D eigenvalue weighted by Crippen LogP contribution is 1.77. The Balaban J connectivity index is 3.75. The first kappa shape index (κ1) is 8.97. The lowest BCUT2D eigenvalue weighted by molar-refractivity contribution is -0.116. The molecule has 0 aromatic heterocycles. The third-order valence-electron chi connectivity index (χ3n) is 0.903. The highest BCUT2D eigenvalue weighted by Gasteiger charge is 1.92. The highest BCUT2D eigenvalue weighted by atomic mass is 16.1. The zero-order valence-electron chi connectivity index (χ0n) is 6.05. The van der Waals surface area contributed by atoms with Crippen LogP contribution >= 0.6 is 0 Å². The SMILES string of the molecule is CCNC(=O)C=C(N)CN. The second kappa shape index (κ2) is 4.81. The first-order chi connectivity index (χ1) is 4.70. The Labute approximate surface area is 60.3 Å². The Bertz CT molecular complexity index is 142. The van der Waals surface area contributed by atoms with Crippen LogP contribution in [0.1, 0.15) is 6.92 Å². The van der Waals surface area contributed by atoms with E-state index in [0.717, 1.165) is 0 Å². The van der Waals surface area contributed by atoms with Crippen molar-refractivity contribution in [3.63, 3.8) is 0 Å². The fourth-order valence-corrected chi connectivity index (χ4v) is 0.453. The molecule has 4 heteroatoms. The molecule has 0 aromatic carbocycles. The summed E-state index contributed by atoms with van der Waals surface area (Å²) in [6, 6.07) is 0. The van der Waals surface area contributed by atoms with Gasteiger partial charge in [0.15, 0.2) is 0 Å². The summed E-state index contributed by atoms with van der Waals surface area (Å²) in [5.41, 5.74) is 10.8. The molecule has 0 heterocycles. The van der Waals surface area contributed by atoms with Crippen molar-refractivity contribution in [2.45, 2.75) is 6.92 Å². The summed E-state index contributed by atoms with van der Waals surface area (Å²) >= 11 is 0. The van der Waals surface area contributed by atoms with Crippen LogP contribution in [-0.4, -0.2) is 19.0 Å². The Kier molecular flexibility index (Phi) is 4.32. The van der Waals surface area contributed by atoms with E-state index in [9.17, 15) is 4.79 Å². The molecule has 1 amide bonds. The third-order valence-corrected chi connectivity index (χ3v) is 0.903. The van der Waals surface area contributed by atoms with Crippen LogP contribution in [0.4, 0.5) is 0 Å². The van der Waals surface area contributed by atoms with Gasteiger partial charge < -0.3 is 16.8 Å². The first-order valence-electron chi connectivity index (χ1n) is 3.14. The minimum atomic E-state index is -0.189. The van der Waals surface area contributed by atoms with Gasteiger partial charge in [-0.05, 0) is 6.92 Å². The normalized spacial score (nSPS) is 11.2. The molecule has 0 radical (unpaired) electrons. The fourth-order valence-electron chi connectivity index (χ4n) is 0.453. The van der Waals surface area contributed by atoms with E-state index in [1.54, 1.807) is 0 Å². The van der Waals surface area contributed by atoms with E-state index in [1.165, 1.54) is 6.08 Å². The Hall–Kier alpha value is -1.03. The molecule has 0 atom stereocenters. The molecule has 0 rings (SSSR count). The topological polar surface area (TPSA) is 81.1 Å². The van der Waals surface area contributed by atoms with Crippen molar-refractivity contribution in [1.29, 1.82) is 0 Å². The predicted octanol–water partition coefficient (Wildman–Crippen LogP) is -1.08. The van der Waals surface area contributed by atoms with Crippen LogP contribution < -0.4 is 16.8 Å². The number of carbonyl (C=O) groups excluding carboxylic acids is 1. The van der Waals surface area contributed by atoms with Crippen molar-refractivity contribution in [2.75, 3.05) is 13.1 Å². The van der Waals surface area contributed by atoms with Crippen molar-refractivity contribution < 1.29 is 4.79 Å². The number of carbonyl (C=O) groups is 1. The molecule has 0 fully saturated rings. The monoisotopic (exact) mass is 143 g/mol. The van der Waals surface area contributed by atoms with E-state index in [2.05, 4.69) is 5.32 Å². The zero-order valence-corrected chi connectivity index (χ0v) is 6.05. The number of hydrogen-bond acceptors (Lipinski definition) is 3. The van der Waals surface area contributed by atoms with Crippen LogP contribution in [0.3, 0.4) is 0 Å². The van der Waals surface area contributed by atoms with Gasteiger partial charge in [0.1, 0.15) is 0 Å². The first-order valence-corrected chi connectivity index (χ1v) is 3.14. The molecule has 0 aliphatic rings. The van der Waals surface area contributed by atoms with Gasteiger partial charge in [-0.15, -0.1) is 0 Å². The maximum atomic E-state index is 10.7. The van der Waals surface area contributed by atoms with Gasteiger partial charge in [-0.2, -0.15) is 0 Å². The van der Waals surface area contributed by atoms with Crippen LogP contribution in [0, 0.1) is 0 Å². The molecule has 58 valence electrons. The van der Waals surface area contributed by atoms with Crippen molar-refractivity contribution in [1.82, 2.24) is 5.32 Å². The Morgan fingerprint density at radius 1 is 1.70 bits per heavy atom. The lowest BCUT2D eigenvalue weighted by Gasteiger charge is -1.96. The molecule has 0 aliphatic heterocycles. The van der Waals surface area contributed by atoms with Crippen molar-refractivity contribution in [3.8, 4) is 0 Å². The quantitative estimate of drug-likeness (QED) is 0.440. The molecule has 0 aromatic rings. The number of amides is 1. The van der Waals surface area contributed by atoms with Gasteiger partial charge in [0.25, 0.3) is 0 Å². The third kappa shape index (κ3) is 3.91. The standard InChI is InChI=1S/C6H13N3O/c1-2-9-6(10)3-5(8)4-7/h3H,2,4,7-8H2,1H3,(H,9,10). The Morgan fingerprint density at radius 2 is 2.30 bits per heavy atom. The van der Waals surface area contributed by atoms with Gasteiger partial charge in [-0.1, -0.05) is 0 Å². The summed E-state index contributed by atoms with van der Waals surface area (Å²) < 4.78 is 0. The maximum absolute atomic E-state index is 10.7. The van der Waals surface area contributed by atoms with E-state index < -0.39 is 0 Å². The zero-order chi connectivity index (χ0) is 7.98. The molecule has 0 saturated heterocycles. The lowest BCUT2D eigenvalue weighted by atomic mass is 10.4. The molecule has 0 bridgehead atoms. The minimum absolute atomic E-state index is 0.189. The molecule has 10 heavy (non-hydrogen) atoms. The van der Waals surface area contributed by atoms with E-state index in [0.29, 0.717) is 12.2 Å². The molecular weight excluding hydrogens is 130 g/mol. The van der Waals surface area contributed by atoms with Gasteiger partial charge in [0.05, 0.1) is 0 Å². The van der Waals surface area contributed by atoms with Crippen LogP contribution in [0.25, 0.3) is 0 Å². The second-order valence-electron chi connectivity index (χ2n) is 1.82. The van der Waals surface area contributed by atoms with Crippen LogP contribution in [0.2, 0.25) is 0 Å². The van der Waals surface area contributed by atoms with Crippen molar-refractivity contribution in [3.05, 3.63) is 11.8 Å². The number of rotatable bonds is 3. The Morgan fingerprint density at radius 3 is 2.70 bits per heavy atom. The van der Waals surface area contributed by atoms with Gasteiger partial charge in [0.2, 0.25) is 5.91 Å². The van der Waals surface area contributed by atoms with Gasteiger partial charge in [-0.25, -0.2) is 0 Å². The summed E-state index contributed by atoms with van der Waals surface area (Å²) in [5.74, 6) is -0.189. The summed E-state index contributed by atoms with van der Waals surface area (Å²) in [7, 11) is 0. The average molecular weight is 143 g/mol. The highest BCUT2D eigenvalue weighted by molar-refractivity contribution is 5.88. The second-order valence-corrected chi connectivity index (χ2v) is 1.82. The van der Waals surface area contributed by atoms with Crippen LogP contribution in [0.15, 0.2) is 11.8 Å². The van der Waals surface area contributed by atoms with Gasteiger partial charge in [0, 0.05) is 24.9 Å². The number of hydrogen-bond donors (Lipinski definition) is 3. The molecule has 0 unspecified atom stereocenters. The summed E-state index contributed by atoms with van der Waals surface area (Å²) in [6.45, 7) is 2.66. The van der Waals surface area contributed by atoms with Crippen LogP contribution in [0.5, 0.6) is 0 Å². The number of likely N-dealkylation sites (N-methyl/N-ethyl adjacent to an activating group) is 1.